The molecule has 0 saturated heterocycles. The highest BCUT2D eigenvalue weighted by atomic mass is 32.2. The van der Waals surface area contributed by atoms with Gasteiger partial charge in [-0.2, -0.15) is 12.6 Å². The second-order valence-electron chi connectivity index (χ2n) is 4.37. The van der Waals surface area contributed by atoms with Crippen LogP contribution in [0, 0.1) is 6.92 Å². The van der Waals surface area contributed by atoms with Crippen LogP contribution in [0.5, 0.6) is 0 Å². The summed E-state index contributed by atoms with van der Waals surface area (Å²) >= 11 is 6.41. The molecular weight excluding hydrogens is 256 g/mol. The minimum Gasteiger partial charge on any atom is -0.179 e. The molecule has 18 heavy (non-hydrogen) atoms. The Bertz CT molecular complexity index is 479. The van der Waals surface area contributed by atoms with Crippen molar-refractivity contribution in [1.29, 1.82) is 0 Å². The summed E-state index contributed by atoms with van der Waals surface area (Å²) in [6.07, 6.45) is 0. The van der Waals surface area contributed by atoms with E-state index >= 15 is 0 Å². The van der Waals surface area contributed by atoms with Crippen LogP contribution in [0.1, 0.15) is 17.0 Å². The number of rotatable bonds is 5. The van der Waals surface area contributed by atoms with Crippen LogP contribution in [-0.2, 0) is 0 Å². The number of thioether (sulfide) groups is 1. The van der Waals surface area contributed by atoms with Crippen LogP contribution >= 0.6 is 24.4 Å². The quantitative estimate of drug-likeness (QED) is 0.603. The van der Waals surface area contributed by atoms with E-state index < -0.39 is 0 Å². The molecule has 0 spiro atoms. The van der Waals surface area contributed by atoms with Gasteiger partial charge in [-0.15, -0.1) is 11.8 Å². The van der Waals surface area contributed by atoms with E-state index in [4.69, 9.17) is 0 Å². The normalized spacial score (nSPS) is 12.3. The summed E-state index contributed by atoms with van der Waals surface area (Å²) < 4.78 is 0. The van der Waals surface area contributed by atoms with Gasteiger partial charge in [-0.3, -0.25) is 0 Å². The summed E-state index contributed by atoms with van der Waals surface area (Å²) in [5.41, 5.74) is 2.74. The van der Waals surface area contributed by atoms with E-state index in [1.807, 2.05) is 11.8 Å². The minimum atomic E-state index is 0.513. The molecule has 2 rings (SSSR count). The van der Waals surface area contributed by atoms with E-state index in [0.29, 0.717) is 5.92 Å². The Hall–Kier alpha value is -0.860. The van der Waals surface area contributed by atoms with Gasteiger partial charge in [-0.25, -0.2) is 0 Å². The van der Waals surface area contributed by atoms with Gasteiger partial charge >= 0.3 is 0 Å². The third-order valence-electron chi connectivity index (χ3n) is 3.02. The molecule has 2 heteroatoms. The minimum absolute atomic E-state index is 0.513. The average molecular weight is 274 g/mol. The Morgan fingerprint density at radius 3 is 2.33 bits per heavy atom. The molecule has 0 aromatic heterocycles. The van der Waals surface area contributed by atoms with Crippen LogP contribution in [0.4, 0.5) is 0 Å². The molecule has 2 aromatic rings. The highest BCUT2D eigenvalue weighted by Crippen LogP contribution is 2.28. The summed E-state index contributed by atoms with van der Waals surface area (Å²) in [5, 5.41) is 0. The first kappa shape index (κ1) is 13.6. The van der Waals surface area contributed by atoms with Crippen LogP contribution in [0.25, 0.3) is 0 Å². The maximum Gasteiger partial charge on any atom is 0.0101 e. The molecule has 0 aliphatic heterocycles. The van der Waals surface area contributed by atoms with E-state index in [1.54, 1.807) is 0 Å². The molecule has 0 aliphatic rings. The van der Waals surface area contributed by atoms with E-state index in [1.165, 1.54) is 16.0 Å². The van der Waals surface area contributed by atoms with Gasteiger partial charge in [0.1, 0.15) is 0 Å². The van der Waals surface area contributed by atoms with Gasteiger partial charge in [0.15, 0.2) is 0 Å². The van der Waals surface area contributed by atoms with Crippen LogP contribution in [0.2, 0.25) is 0 Å². The van der Waals surface area contributed by atoms with Crippen molar-refractivity contribution in [2.45, 2.75) is 17.7 Å². The van der Waals surface area contributed by atoms with Gasteiger partial charge < -0.3 is 0 Å². The predicted molar refractivity (Wildman–Crippen MR) is 84.9 cm³/mol. The van der Waals surface area contributed by atoms with Gasteiger partial charge in [0.05, 0.1) is 0 Å². The molecule has 0 radical (unpaired) electrons. The largest absolute Gasteiger partial charge is 0.179 e. The van der Waals surface area contributed by atoms with Crippen LogP contribution in [-0.4, -0.2) is 11.5 Å². The number of hydrogen-bond acceptors (Lipinski definition) is 2. The molecule has 0 saturated carbocycles. The van der Waals surface area contributed by atoms with Crippen LogP contribution < -0.4 is 0 Å². The molecule has 0 amide bonds. The number of thiol groups is 1. The van der Waals surface area contributed by atoms with Crippen molar-refractivity contribution < 1.29 is 0 Å². The summed E-state index contributed by atoms with van der Waals surface area (Å²) in [5.74, 6) is 2.49. The summed E-state index contributed by atoms with van der Waals surface area (Å²) in [4.78, 5) is 1.38. The van der Waals surface area contributed by atoms with Crippen molar-refractivity contribution in [2.24, 2.45) is 0 Å². The smallest absolute Gasteiger partial charge is 0.0101 e. The zero-order valence-corrected chi connectivity index (χ0v) is 12.3. The Morgan fingerprint density at radius 1 is 1.00 bits per heavy atom. The van der Waals surface area contributed by atoms with Crippen molar-refractivity contribution in [2.75, 3.05) is 11.5 Å². The third kappa shape index (κ3) is 3.56. The maximum absolute atomic E-state index is 4.49. The predicted octanol–water partition coefficient (Wildman–Crippen LogP) is 4.80. The third-order valence-corrected chi connectivity index (χ3v) is 4.80. The fourth-order valence-electron chi connectivity index (χ4n) is 1.89. The molecule has 94 valence electrons. The lowest BCUT2D eigenvalue weighted by Crippen LogP contribution is -2.03. The van der Waals surface area contributed by atoms with E-state index in [0.717, 1.165) is 11.5 Å². The molecular formula is C16H18S2. The topological polar surface area (TPSA) is 0 Å². The first-order valence-corrected chi connectivity index (χ1v) is 7.77. The second kappa shape index (κ2) is 6.91. The highest BCUT2D eigenvalue weighted by molar-refractivity contribution is 7.99. The van der Waals surface area contributed by atoms with Crippen molar-refractivity contribution >= 4 is 24.4 Å². The van der Waals surface area contributed by atoms with Gasteiger partial charge in [0, 0.05) is 16.6 Å². The maximum atomic E-state index is 4.49. The van der Waals surface area contributed by atoms with Crippen LogP contribution in [0.3, 0.4) is 0 Å². The SMILES string of the molecule is Cc1ccccc1SCC(CS)c1ccccc1. The summed E-state index contributed by atoms with van der Waals surface area (Å²) in [6, 6.07) is 19.2. The zero-order valence-electron chi connectivity index (χ0n) is 10.5. The second-order valence-corrected chi connectivity index (χ2v) is 5.79. The van der Waals surface area contributed by atoms with E-state index in [2.05, 4.69) is 74.1 Å². The fourth-order valence-corrected chi connectivity index (χ4v) is 3.56. The summed E-state index contributed by atoms with van der Waals surface area (Å²) in [7, 11) is 0. The van der Waals surface area contributed by atoms with Crippen molar-refractivity contribution in [3.63, 3.8) is 0 Å². The Kier molecular flexibility index (Phi) is 5.21. The van der Waals surface area contributed by atoms with Gasteiger partial charge in [0.25, 0.3) is 0 Å². The Labute approximate surface area is 119 Å². The molecule has 0 aliphatic carbocycles. The Morgan fingerprint density at radius 2 is 1.67 bits per heavy atom. The molecule has 1 atom stereocenters. The standard InChI is InChI=1S/C16H18S2/c1-13-7-5-6-10-16(13)18-12-15(11-17)14-8-3-2-4-9-14/h2-10,15,17H,11-12H2,1H3. The summed E-state index contributed by atoms with van der Waals surface area (Å²) in [6.45, 7) is 2.17. The van der Waals surface area contributed by atoms with Crippen molar-refractivity contribution in [3.05, 3.63) is 65.7 Å². The molecule has 0 bridgehead atoms. The number of hydrogen-bond donors (Lipinski definition) is 1. The lowest BCUT2D eigenvalue weighted by molar-refractivity contribution is 0.898. The van der Waals surface area contributed by atoms with Gasteiger partial charge in [-0.1, -0.05) is 48.5 Å². The molecule has 0 fully saturated rings. The fraction of sp³-hybridized carbons (Fsp3) is 0.250. The monoisotopic (exact) mass is 274 g/mol. The Balaban J connectivity index is 2.02. The van der Waals surface area contributed by atoms with Crippen molar-refractivity contribution in [3.8, 4) is 0 Å². The molecule has 2 aromatic carbocycles. The molecule has 0 heterocycles. The molecule has 0 nitrogen and oxygen atoms in total. The van der Waals surface area contributed by atoms with Crippen molar-refractivity contribution in [1.82, 2.24) is 0 Å². The van der Waals surface area contributed by atoms with Gasteiger partial charge in [0.2, 0.25) is 0 Å². The lowest BCUT2D eigenvalue weighted by Gasteiger charge is -2.15. The first-order chi connectivity index (χ1) is 8.81. The van der Waals surface area contributed by atoms with E-state index in [9.17, 15) is 0 Å². The molecule has 0 N–H and O–H groups in total. The number of aryl methyl sites for hydroxylation is 1. The number of benzene rings is 2. The highest BCUT2D eigenvalue weighted by Gasteiger charge is 2.10. The zero-order chi connectivity index (χ0) is 12.8. The van der Waals surface area contributed by atoms with Gasteiger partial charge in [-0.05, 0) is 29.9 Å². The van der Waals surface area contributed by atoms with Crippen LogP contribution in [0.15, 0.2) is 59.5 Å². The average Bonchev–Trinajstić information content (AvgIpc) is 2.42. The van der Waals surface area contributed by atoms with E-state index in [-0.39, 0.29) is 0 Å². The molecule has 1 unspecified atom stereocenters. The lowest BCUT2D eigenvalue weighted by atomic mass is 10.0. The first-order valence-electron chi connectivity index (χ1n) is 6.15.